The molecule has 0 saturated heterocycles. The molecule has 0 atom stereocenters. The van der Waals surface area contributed by atoms with E-state index in [9.17, 15) is 4.79 Å². The number of carbonyl (C=O) groups excluding carboxylic acids is 1. The lowest BCUT2D eigenvalue weighted by Gasteiger charge is -2.11. The highest BCUT2D eigenvalue weighted by Gasteiger charge is 2.03. The summed E-state index contributed by atoms with van der Waals surface area (Å²) in [5.74, 6) is -0.186. The second-order valence-electron chi connectivity index (χ2n) is 3.77. The van der Waals surface area contributed by atoms with Crippen molar-refractivity contribution in [2.75, 3.05) is 18.5 Å². The Labute approximate surface area is 123 Å². The summed E-state index contributed by atoms with van der Waals surface area (Å²) in [4.78, 5) is 11.1. The molecule has 0 radical (unpaired) electrons. The van der Waals surface area contributed by atoms with Crippen molar-refractivity contribution in [3.63, 3.8) is 0 Å². The molecule has 0 bridgehead atoms. The number of halogens is 1. The van der Waals surface area contributed by atoms with Gasteiger partial charge in [-0.3, -0.25) is 4.79 Å². The fraction of sp³-hybridized carbons (Fsp3) is 0.385. The number of esters is 1. The Bertz CT molecular complexity index is 440. The number of anilines is 1. The zero-order valence-electron chi connectivity index (χ0n) is 10.7. The van der Waals surface area contributed by atoms with E-state index < -0.39 is 0 Å². The number of hydrogen-bond donors (Lipinski definition) is 2. The predicted molar refractivity (Wildman–Crippen MR) is 81.5 cm³/mol. The van der Waals surface area contributed by atoms with E-state index in [0.29, 0.717) is 36.1 Å². The minimum absolute atomic E-state index is 0.186. The highest BCUT2D eigenvalue weighted by molar-refractivity contribution is 7.80. The first-order chi connectivity index (χ1) is 9.13. The van der Waals surface area contributed by atoms with Gasteiger partial charge in [0.05, 0.1) is 17.3 Å². The van der Waals surface area contributed by atoms with Crippen LogP contribution in [-0.4, -0.2) is 24.2 Å². The molecule has 0 saturated carbocycles. The summed E-state index contributed by atoms with van der Waals surface area (Å²) >= 11 is 11.1. The summed E-state index contributed by atoms with van der Waals surface area (Å²) in [6.07, 6.45) is 1.05. The van der Waals surface area contributed by atoms with Gasteiger partial charge < -0.3 is 15.4 Å². The topological polar surface area (TPSA) is 50.4 Å². The van der Waals surface area contributed by atoms with Gasteiger partial charge in [0.1, 0.15) is 0 Å². The Kier molecular flexibility index (Phi) is 7.22. The van der Waals surface area contributed by atoms with Crippen molar-refractivity contribution in [2.24, 2.45) is 0 Å². The average Bonchev–Trinajstić information content (AvgIpc) is 2.38. The normalized spacial score (nSPS) is 9.79. The van der Waals surface area contributed by atoms with Crippen LogP contribution in [0.25, 0.3) is 0 Å². The molecule has 0 aliphatic rings. The molecule has 0 unspecified atom stereocenters. The molecule has 0 heterocycles. The van der Waals surface area contributed by atoms with Crippen LogP contribution in [0.1, 0.15) is 19.8 Å². The molecule has 1 aromatic rings. The van der Waals surface area contributed by atoms with Crippen molar-refractivity contribution >= 4 is 40.6 Å². The van der Waals surface area contributed by atoms with Gasteiger partial charge in [-0.1, -0.05) is 23.7 Å². The van der Waals surface area contributed by atoms with E-state index in [4.69, 9.17) is 28.6 Å². The zero-order chi connectivity index (χ0) is 14.1. The molecule has 2 N–H and O–H groups in total. The third kappa shape index (κ3) is 6.40. The van der Waals surface area contributed by atoms with Crippen LogP contribution in [0.5, 0.6) is 0 Å². The fourth-order valence-electron chi connectivity index (χ4n) is 1.40. The largest absolute Gasteiger partial charge is 0.466 e. The molecule has 1 aromatic carbocycles. The molecule has 0 aliphatic heterocycles. The summed E-state index contributed by atoms with van der Waals surface area (Å²) in [7, 11) is 0. The minimum atomic E-state index is -0.186. The Morgan fingerprint density at radius 2 is 2.16 bits per heavy atom. The maximum absolute atomic E-state index is 11.1. The lowest BCUT2D eigenvalue weighted by Crippen LogP contribution is -2.29. The number of nitrogens with one attached hydrogen (secondary N) is 2. The van der Waals surface area contributed by atoms with Crippen LogP contribution in [0.4, 0.5) is 5.69 Å². The van der Waals surface area contributed by atoms with E-state index in [0.717, 1.165) is 5.69 Å². The van der Waals surface area contributed by atoms with Crippen molar-refractivity contribution in [3.05, 3.63) is 29.3 Å². The number of carbonyl (C=O) groups is 1. The number of rotatable bonds is 6. The fourth-order valence-corrected chi connectivity index (χ4v) is 1.79. The molecule has 0 spiro atoms. The molecule has 6 heteroatoms. The van der Waals surface area contributed by atoms with Crippen LogP contribution in [0.2, 0.25) is 5.02 Å². The maximum atomic E-state index is 11.1. The second kappa shape index (κ2) is 8.72. The van der Waals surface area contributed by atoms with Gasteiger partial charge in [-0.05, 0) is 37.7 Å². The van der Waals surface area contributed by atoms with Crippen LogP contribution < -0.4 is 10.6 Å². The Morgan fingerprint density at radius 3 is 2.84 bits per heavy atom. The van der Waals surface area contributed by atoms with Gasteiger partial charge in [0.25, 0.3) is 0 Å². The van der Waals surface area contributed by atoms with Crippen molar-refractivity contribution in [1.82, 2.24) is 5.32 Å². The van der Waals surface area contributed by atoms with Crippen LogP contribution >= 0.6 is 23.8 Å². The predicted octanol–water partition coefficient (Wildman–Crippen LogP) is 2.97. The van der Waals surface area contributed by atoms with Crippen LogP contribution in [0, 0.1) is 0 Å². The van der Waals surface area contributed by atoms with Crippen molar-refractivity contribution in [1.29, 1.82) is 0 Å². The summed E-state index contributed by atoms with van der Waals surface area (Å²) in [5, 5.41) is 7.10. The van der Waals surface area contributed by atoms with Crippen LogP contribution in [0.15, 0.2) is 24.3 Å². The van der Waals surface area contributed by atoms with E-state index in [1.54, 1.807) is 13.0 Å². The lowest BCUT2D eigenvalue weighted by atomic mass is 10.3. The first-order valence-corrected chi connectivity index (χ1v) is 6.87. The van der Waals surface area contributed by atoms with Gasteiger partial charge >= 0.3 is 5.97 Å². The number of ether oxygens (including phenoxy) is 1. The standard InChI is InChI=1S/C13H17ClN2O2S/c1-2-18-12(17)8-5-9-15-13(19)16-11-7-4-3-6-10(11)14/h3-4,6-7H,2,5,8-9H2,1H3,(H2,15,16,19). The molecular formula is C13H17ClN2O2S. The summed E-state index contributed by atoms with van der Waals surface area (Å²) in [6, 6.07) is 7.35. The number of thiocarbonyl (C=S) groups is 1. The van der Waals surface area contributed by atoms with E-state index in [2.05, 4.69) is 10.6 Å². The van der Waals surface area contributed by atoms with Gasteiger partial charge in [-0.15, -0.1) is 0 Å². The van der Waals surface area contributed by atoms with Crippen molar-refractivity contribution in [2.45, 2.75) is 19.8 Å². The summed E-state index contributed by atoms with van der Waals surface area (Å²) < 4.78 is 4.83. The van der Waals surface area contributed by atoms with Crippen LogP contribution in [0.3, 0.4) is 0 Å². The average molecular weight is 301 g/mol. The molecular weight excluding hydrogens is 284 g/mol. The van der Waals surface area contributed by atoms with E-state index in [-0.39, 0.29) is 5.97 Å². The lowest BCUT2D eigenvalue weighted by molar-refractivity contribution is -0.143. The number of benzene rings is 1. The molecule has 19 heavy (non-hydrogen) atoms. The van der Waals surface area contributed by atoms with Crippen molar-refractivity contribution < 1.29 is 9.53 Å². The molecule has 0 fully saturated rings. The number of hydrogen-bond acceptors (Lipinski definition) is 3. The molecule has 1 rings (SSSR count). The van der Waals surface area contributed by atoms with Gasteiger partial charge in [0.15, 0.2) is 5.11 Å². The van der Waals surface area contributed by atoms with E-state index in [1.165, 1.54) is 0 Å². The quantitative estimate of drug-likeness (QED) is 0.480. The third-order valence-electron chi connectivity index (χ3n) is 2.27. The first-order valence-electron chi connectivity index (χ1n) is 6.08. The monoisotopic (exact) mass is 300 g/mol. The minimum Gasteiger partial charge on any atom is -0.466 e. The van der Waals surface area contributed by atoms with Crippen LogP contribution in [-0.2, 0) is 9.53 Å². The summed E-state index contributed by atoms with van der Waals surface area (Å²) in [6.45, 7) is 2.81. The molecule has 0 aromatic heterocycles. The number of para-hydroxylation sites is 1. The SMILES string of the molecule is CCOC(=O)CCCNC(=S)Nc1ccccc1Cl. The maximum Gasteiger partial charge on any atom is 0.305 e. The Morgan fingerprint density at radius 1 is 1.42 bits per heavy atom. The Hall–Kier alpha value is -1.33. The highest BCUT2D eigenvalue weighted by Crippen LogP contribution is 2.19. The third-order valence-corrected chi connectivity index (χ3v) is 2.85. The van der Waals surface area contributed by atoms with E-state index in [1.807, 2.05) is 18.2 Å². The first kappa shape index (κ1) is 15.7. The molecule has 104 valence electrons. The summed E-state index contributed by atoms with van der Waals surface area (Å²) in [5.41, 5.74) is 0.757. The van der Waals surface area contributed by atoms with Gasteiger partial charge in [-0.25, -0.2) is 0 Å². The zero-order valence-corrected chi connectivity index (χ0v) is 12.3. The smallest absolute Gasteiger partial charge is 0.305 e. The van der Waals surface area contributed by atoms with Gasteiger partial charge in [0.2, 0.25) is 0 Å². The second-order valence-corrected chi connectivity index (χ2v) is 4.58. The molecule has 0 aliphatic carbocycles. The van der Waals surface area contributed by atoms with Gasteiger partial charge in [-0.2, -0.15) is 0 Å². The van der Waals surface area contributed by atoms with Gasteiger partial charge in [0, 0.05) is 13.0 Å². The molecule has 4 nitrogen and oxygen atoms in total. The van der Waals surface area contributed by atoms with Crippen molar-refractivity contribution in [3.8, 4) is 0 Å². The van der Waals surface area contributed by atoms with E-state index >= 15 is 0 Å². The Balaban J connectivity index is 2.22. The molecule has 0 amide bonds. The highest BCUT2D eigenvalue weighted by atomic mass is 35.5.